The number of methoxy groups -OCH3 is 1. The van der Waals surface area contributed by atoms with Crippen molar-refractivity contribution in [2.24, 2.45) is 17.8 Å². The van der Waals surface area contributed by atoms with E-state index in [1.807, 2.05) is 23.1 Å². The van der Waals surface area contributed by atoms with Gasteiger partial charge in [-0.05, 0) is 92.1 Å². The predicted octanol–water partition coefficient (Wildman–Crippen LogP) is 4.09. The van der Waals surface area contributed by atoms with Gasteiger partial charge in [0.1, 0.15) is 12.0 Å². The Labute approximate surface area is 294 Å². The minimum Gasteiger partial charge on any atom is -0.453 e. The van der Waals surface area contributed by atoms with Gasteiger partial charge in [0.15, 0.2) is 0 Å². The van der Waals surface area contributed by atoms with Crippen LogP contribution in [0.15, 0.2) is 42.5 Å². The number of ether oxygens (including phenoxy) is 1. The van der Waals surface area contributed by atoms with E-state index < -0.39 is 17.7 Å². The molecule has 0 spiro atoms. The van der Waals surface area contributed by atoms with Gasteiger partial charge in [-0.2, -0.15) is 0 Å². The van der Waals surface area contributed by atoms with Gasteiger partial charge in [0, 0.05) is 88.4 Å². The summed E-state index contributed by atoms with van der Waals surface area (Å²) in [5.41, 5.74) is 2.96. The van der Waals surface area contributed by atoms with Crippen molar-refractivity contribution in [3.8, 4) is 0 Å². The number of halogens is 2. The fraction of sp³-hybridized carbons (Fsp3) is 0.605. The normalized spacial score (nSPS) is 23.4. The van der Waals surface area contributed by atoms with Crippen LogP contribution in [-0.2, 0) is 21.5 Å². The van der Waals surface area contributed by atoms with Gasteiger partial charge in [-0.15, -0.1) is 0 Å². The van der Waals surface area contributed by atoms with E-state index in [4.69, 9.17) is 4.74 Å². The molecule has 3 N–H and O–H groups in total. The summed E-state index contributed by atoms with van der Waals surface area (Å²) in [6.45, 7) is 7.89. The van der Waals surface area contributed by atoms with E-state index in [9.17, 15) is 23.2 Å². The number of likely N-dealkylation sites (tertiary alicyclic amines) is 2. The molecular weight excluding hydrogens is 642 g/mol. The number of anilines is 1. The number of rotatable bonds is 12. The fourth-order valence-corrected chi connectivity index (χ4v) is 9.17. The van der Waals surface area contributed by atoms with Crippen LogP contribution >= 0.6 is 0 Å². The first-order valence-electron chi connectivity index (χ1n) is 18.1. The molecule has 50 heavy (non-hydrogen) atoms. The van der Waals surface area contributed by atoms with E-state index in [0.717, 1.165) is 81.6 Å². The minimum atomic E-state index is -0.791. The molecule has 10 nitrogen and oxygen atoms in total. The third-order valence-corrected chi connectivity index (χ3v) is 11.7. The molecular formula is C38H52F2N6O4. The summed E-state index contributed by atoms with van der Waals surface area (Å²) < 4.78 is 33.3. The van der Waals surface area contributed by atoms with Crippen LogP contribution in [0.1, 0.15) is 60.5 Å². The summed E-state index contributed by atoms with van der Waals surface area (Å²) in [7, 11) is 2.99. The number of hydrogen-bond donors (Lipinski definition) is 3. The smallest absolute Gasteiger partial charge is 0.407 e. The SMILES string of the molecule is CNC(=O)c1ccc(N2CC(CN3CCC(C(CNC(C)=O)(c4cccc(F)c4)[C@H]4CCC[C@@H]4NC(=O)OC)CC3)C2)cc1CN1CC(F)C1. The maximum atomic E-state index is 14.9. The van der Waals surface area contributed by atoms with Crippen molar-refractivity contribution >= 4 is 23.6 Å². The number of amides is 3. The quantitative estimate of drug-likeness (QED) is 0.308. The summed E-state index contributed by atoms with van der Waals surface area (Å²) in [5, 5.41) is 8.92. The van der Waals surface area contributed by atoms with Crippen LogP contribution in [-0.4, -0.2) is 106 Å². The van der Waals surface area contributed by atoms with Gasteiger partial charge in [0.25, 0.3) is 5.91 Å². The second kappa shape index (κ2) is 15.6. The maximum absolute atomic E-state index is 14.9. The van der Waals surface area contributed by atoms with E-state index in [1.54, 1.807) is 19.2 Å². The Kier molecular flexibility index (Phi) is 11.3. The van der Waals surface area contributed by atoms with Crippen LogP contribution in [0.2, 0.25) is 0 Å². The van der Waals surface area contributed by atoms with Crippen molar-refractivity contribution in [3.05, 3.63) is 65.0 Å². The Balaban J connectivity index is 1.13. The van der Waals surface area contributed by atoms with E-state index >= 15 is 0 Å². The van der Waals surface area contributed by atoms with Gasteiger partial charge in [-0.1, -0.05) is 18.6 Å². The Morgan fingerprint density at radius 3 is 2.40 bits per heavy atom. The lowest BCUT2D eigenvalue weighted by atomic mass is 9.58. The maximum Gasteiger partial charge on any atom is 0.407 e. The molecule has 4 aliphatic rings. The average Bonchev–Trinajstić information content (AvgIpc) is 3.54. The molecule has 3 saturated heterocycles. The second-order valence-corrected chi connectivity index (χ2v) is 14.8. The van der Waals surface area contributed by atoms with Gasteiger partial charge in [-0.3, -0.25) is 14.5 Å². The van der Waals surface area contributed by atoms with Crippen LogP contribution in [0.25, 0.3) is 0 Å². The van der Waals surface area contributed by atoms with Crippen LogP contribution in [0.4, 0.5) is 19.3 Å². The summed E-state index contributed by atoms with van der Waals surface area (Å²) in [6, 6.07) is 12.7. The molecule has 6 rings (SSSR count). The number of carbonyl (C=O) groups excluding carboxylic acids is 3. The van der Waals surface area contributed by atoms with Crippen molar-refractivity contribution in [1.29, 1.82) is 0 Å². The molecule has 3 aliphatic heterocycles. The first-order valence-corrected chi connectivity index (χ1v) is 18.1. The molecule has 0 bridgehead atoms. The molecule has 3 heterocycles. The number of alkyl carbamates (subject to hydrolysis) is 1. The summed E-state index contributed by atoms with van der Waals surface area (Å²) in [5.74, 6) is 0.124. The molecule has 1 unspecified atom stereocenters. The number of hydrogen-bond acceptors (Lipinski definition) is 7. The molecule has 0 radical (unpaired) electrons. The van der Waals surface area contributed by atoms with Gasteiger partial charge in [-0.25, -0.2) is 13.6 Å². The van der Waals surface area contributed by atoms with Crippen LogP contribution in [0.5, 0.6) is 0 Å². The Bertz CT molecular complexity index is 1520. The predicted molar refractivity (Wildman–Crippen MR) is 188 cm³/mol. The number of benzene rings is 2. The number of nitrogens with zero attached hydrogens (tertiary/aromatic N) is 3. The first-order chi connectivity index (χ1) is 24.1. The highest BCUT2D eigenvalue weighted by molar-refractivity contribution is 5.96. The average molecular weight is 695 g/mol. The van der Waals surface area contributed by atoms with Crippen molar-refractivity contribution in [2.45, 2.75) is 63.2 Å². The summed E-state index contributed by atoms with van der Waals surface area (Å²) >= 11 is 0. The van der Waals surface area contributed by atoms with Gasteiger partial charge in [0.05, 0.1) is 7.11 Å². The fourth-order valence-electron chi connectivity index (χ4n) is 9.17. The van der Waals surface area contributed by atoms with Gasteiger partial charge >= 0.3 is 6.09 Å². The highest BCUT2D eigenvalue weighted by atomic mass is 19.1. The molecule has 3 amide bonds. The minimum absolute atomic E-state index is 0.00571. The first kappa shape index (κ1) is 36.0. The molecule has 12 heteroatoms. The molecule has 1 saturated carbocycles. The van der Waals surface area contributed by atoms with Crippen molar-refractivity contribution in [1.82, 2.24) is 25.8 Å². The third kappa shape index (κ3) is 7.76. The molecule has 2 aromatic carbocycles. The zero-order valence-electron chi connectivity index (χ0n) is 29.6. The van der Waals surface area contributed by atoms with Gasteiger partial charge in [0.2, 0.25) is 5.91 Å². The number of nitrogens with one attached hydrogen (secondary N) is 3. The molecule has 2 aromatic rings. The lowest BCUT2D eigenvalue weighted by Gasteiger charge is -2.51. The zero-order chi connectivity index (χ0) is 35.4. The Hall–Kier alpha value is -3.77. The van der Waals surface area contributed by atoms with Crippen LogP contribution < -0.4 is 20.9 Å². The monoisotopic (exact) mass is 694 g/mol. The van der Waals surface area contributed by atoms with Crippen molar-refractivity contribution < 1.29 is 27.9 Å². The molecule has 272 valence electrons. The van der Waals surface area contributed by atoms with Crippen molar-refractivity contribution in [3.63, 3.8) is 0 Å². The standard InChI is InChI=1S/C38H52F2N6O4/c1-25(47)42-24-38(29-6-4-7-30(39)17-29,34-8-5-9-35(34)43-37(49)50-3)28-12-14-44(15-13-28)18-26-19-46(20-26)32-10-11-33(36(48)41-2)27(16-32)21-45-22-31(40)23-45/h4,6-7,10-11,16-17,26,28,31,34-35H,5,8-9,12-15,18-24H2,1-3H3,(H,41,48)(H,42,47)(H,43,49)/t34-,35-,38?/m0/s1. The lowest BCUT2D eigenvalue weighted by molar-refractivity contribution is -0.119. The summed E-state index contributed by atoms with van der Waals surface area (Å²) in [6.07, 6.45) is 3.14. The number of alkyl halides is 1. The molecule has 4 fully saturated rings. The molecule has 3 atom stereocenters. The summed E-state index contributed by atoms with van der Waals surface area (Å²) in [4.78, 5) is 44.2. The topological polar surface area (TPSA) is 106 Å². The van der Waals surface area contributed by atoms with E-state index in [1.165, 1.54) is 20.1 Å². The number of carbonyl (C=O) groups is 3. The molecule has 1 aliphatic carbocycles. The Morgan fingerprint density at radius 1 is 0.980 bits per heavy atom. The molecule has 0 aromatic heterocycles. The van der Waals surface area contributed by atoms with Crippen LogP contribution in [0.3, 0.4) is 0 Å². The third-order valence-electron chi connectivity index (χ3n) is 11.7. The van der Waals surface area contributed by atoms with Crippen LogP contribution in [0, 0.1) is 23.6 Å². The van der Waals surface area contributed by atoms with E-state index in [0.29, 0.717) is 37.7 Å². The Morgan fingerprint density at radius 2 is 1.74 bits per heavy atom. The highest BCUT2D eigenvalue weighted by Crippen LogP contribution is 2.50. The lowest BCUT2D eigenvalue weighted by Crippen LogP contribution is -2.58. The van der Waals surface area contributed by atoms with Gasteiger partial charge < -0.3 is 30.5 Å². The highest BCUT2D eigenvalue weighted by Gasteiger charge is 2.52. The van der Waals surface area contributed by atoms with E-state index in [-0.39, 0.29) is 35.5 Å². The largest absolute Gasteiger partial charge is 0.453 e. The number of piperidine rings is 1. The zero-order valence-corrected chi connectivity index (χ0v) is 29.6. The van der Waals surface area contributed by atoms with E-state index in [2.05, 4.69) is 31.8 Å². The van der Waals surface area contributed by atoms with Crippen molar-refractivity contribution in [2.75, 3.05) is 71.4 Å². The second-order valence-electron chi connectivity index (χ2n) is 14.8.